The molecule has 0 amide bonds. The maximum atomic E-state index is 12.0. The van der Waals surface area contributed by atoms with E-state index in [1.807, 2.05) is 18.2 Å². The number of rotatable bonds is 11. The minimum Gasteiger partial charge on any atom is -0.478 e. The minimum atomic E-state index is -0.937. The number of aromatic carboxylic acids is 2. The highest BCUT2D eigenvalue weighted by molar-refractivity contribution is 5.92. The molecule has 4 rings (SSSR count). The van der Waals surface area contributed by atoms with Crippen LogP contribution in [0.4, 0.5) is 0 Å². The van der Waals surface area contributed by atoms with Gasteiger partial charge in [0.2, 0.25) is 0 Å². The zero-order chi connectivity index (χ0) is 21.1. The summed E-state index contributed by atoms with van der Waals surface area (Å²) in [6.07, 6.45) is 11.5. The molecule has 2 saturated carbocycles. The fraction of sp³-hybridized carbons (Fsp3) is 0.462. The van der Waals surface area contributed by atoms with Crippen LogP contribution in [0.1, 0.15) is 83.2 Å². The van der Waals surface area contributed by atoms with Crippen molar-refractivity contribution < 1.29 is 19.8 Å². The fourth-order valence-electron chi connectivity index (χ4n) is 4.48. The molecule has 0 spiro atoms. The van der Waals surface area contributed by atoms with Crippen molar-refractivity contribution in [1.29, 1.82) is 0 Å². The van der Waals surface area contributed by atoms with Crippen molar-refractivity contribution in [3.05, 3.63) is 58.7 Å². The molecule has 0 atom stereocenters. The molecular weight excluding hydrogens is 376 g/mol. The van der Waals surface area contributed by atoms with E-state index in [2.05, 4.69) is 0 Å². The van der Waals surface area contributed by atoms with Crippen molar-refractivity contribution in [2.24, 2.45) is 11.8 Å². The van der Waals surface area contributed by atoms with Gasteiger partial charge in [-0.25, -0.2) is 9.59 Å². The first-order valence-electron chi connectivity index (χ1n) is 11.2. The lowest BCUT2D eigenvalue weighted by Crippen LogP contribution is -2.09. The van der Waals surface area contributed by atoms with E-state index < -0.39 is 11.9 Å². The van der Waals surface area contributed by atoms with E-state index in [-0.39, 0.29) is 5.56 Å². The molecule has 4 nitrogen and oxygen atoms in total. The molecule has 2 aliphatic rings. The van der Waals surface area contributed by atoms with Gasteiger partial charge in [-0.15, -0.1) is 0 Å². The summed E-state index contributed by atoms with van der Waals surface area (Å²) in [5.41, 5.74) is 4.84. The van der Waals surface area contributed by atoms with Gasteiger partial charge in [0.15, 0.2) is 0 Å². The summed E-state index contributed by atoms with van der Waals surface area (Å²) in [5.74, 6) is -0.103. The summed E-state index contributed by atoms with van der Waals surface area (Å²) < 4.78 is 0. The summed E-state index contributed by atoms with van der Waals surface area (Å²) in [7, 11) is 0. The summed E-state index contributed by atoms with van der Waals surface area (Å²) in [4.78, 5) is 23.2. The molecule has 2 fully saturated rings. The first-order valence-corrected chi connectivity index (χ1v) is 11.2. The van der Waals surface area contributed by atoms with Gasteiger partial charge in [-0.05, 0) is 78.0 Å². The largest absolute Gasteiger partial charge is 0.478 e. The van der Waals surface area contributed by atoms with Crippen LogP contribution in [0.25, 0.3) is 11.1 Å². The number of carboxylic acids is 2. The third-order valence-electron chi connectivity index (χ3n) is 6.58. The van der Waals surface area contributed by atoms with Crippen LogP contribution in [0.15, 0.2) is 36.4 Å². The number of carbonyl (C=O) groups is 2. The lowest BCUT2D eigenvalue weighted by Gasteiger charge is -2.18. The van der Waals surface area contributed by atoms with E-state index in [0.29, 0.717) is 5.56 Å². The Hall–Kier alpha value is -2.62. The highest BCUT2D eigenvalue weighted by atomic mass is 16.4. The van der Waals surface area contributed by atoms with Gasteiger partial charge in [0.25, 0.3) is 0 Å². The Morgan fingerprint density at radius 1 is 0.733 bits per heavy atom. The normalized spacial score (nSPS) is 15.9. The molecule has 0 heterocycles. The lowest BCUT2D eigenvalue weighted by molar-refractivity contribution is 0.0685. The van der Waals surface area contributed by atoms with Gasteiger partial charge in [0, 0.05) is 0 Å². The van der Waals surface area contributed by atoms with E-state index in [0.717, 1.165) is 59.8 Å². The molecule has 0 saturated heterocycles. The number of hydrogen-bond donors (Lipinski definition) is 2. The maximum Gasteiger partial charge on any atom is 0.335 e. The highest BCUT2D eigenvalue weighted by Crippen LogP contribution is 2.37. The molecule has 0 bridgehead atoms. The van der Waals surface area contributed by atoms with Crippen LogP contribution in [0.2, 0.25) is 0 Å². The fourth-order valence-corrected chi connectivity index (χ4v) is 4.48. The average molecular weight is 407 g/mol. The quantitative estimate of drug-likeness (QED) is 0.465. The topological polar surface area (TPSA) is 74.6 Å². The molecule has 2 aromatic carbocycles. The van der Waals surface area contributed by atoms with Crippen molar-refractivity contribution in [2.45, 2.75) is 64.2 Å². The van der Waals surface area contributed by atoms with Crippen molar-refractivity contribution in [1.82, 2.24) is 0 Å². The second-order valence-electron chi connectivity index (χ2n) is 8.98. The van der Waals surface area contributed by atoms with E-state index in [1.165, 1.54) is 38.5 Å². The van der Waals surface area contributed by atoms with E-state index in [9.17, 15) is 19.8 Å². The summed E-state index contributed by atoms with van der Waals surface area (Å²) in [5, 5.41) is 19.0. The first-order chi connectivity index (χ1) is 14.5. The Morgan fingerprint density at radius 2 is 1.30 bits per heavy atom. The first kappa shape index (κ1) is 20.6. The zero-order valence-electron chi connectivity index (χ0n) is 17.4. The molecule has 2 aliphatic carbocycles. The van der Waals surface area contributed by atoms with Gasteiger partial charge >= 0.3 is 11.9 Å². The van der Waals surface area contributed by atoms with E-state index in [4.69, 9.17) is 0 Å². The Labute approximate surface area is 177 Å². The van der Waals surface area contributed by atoms with Crippen LogP contribution in [0.5, 0.6) is 0 Å². The SMILES string of the molecule is O=C(O)c1ccc(-c2ccc(C(=O)O)c(CCCC3CC3)c2CCCC2CC2)cc1. The minimum absolute atomic E-state index is 0.265. The Morgan fingerprint density at radius 3 is 1.80 bits per heavy atom. The van der Waals surface area contributed by atoms with Crippen molar-refractivity contribution in [3.8, 4) is 11.1 Å². The molecule has 0 aliphatic heterocycles. The van der Waals surface area contributed by atoms with Gasteiger partial charge < -0.3 is 10.2 Å². The molecule has 30 heavy (non-hydrogen) atoms. The van der Waals surface area contributed by atoms with Gasteiger partial charge in [-0.2, -0.15) is 0 Å². The third-order valence-corrected chi connectivity index (χ3v) is 6.58. The number of carboxylic acid groups (broad SMARTS) is 2. The number of benzene rings is 2. The second kappa shape index (κ2) is 9.03. The molecule has 4 heteroatoms. The van der Waals surface area contributed by atoms with Crippen LogP contribution in [0, 0.1) is 11.8 Å². The summed E-state index contributed by atoms with van der Waals surface area (Å²) in [6, 6.07) is 10.6. The Bertz CT molecular complexity index is 921. The standard InChI is InChI=1S/C26H30O4/c27-25(28)20-13-11-19(12-14-20)21-15-16-24(26(29)30)23(6-2-4-18-9-10-18)22(21)5-1-3-17-7-8-17/h11-18H,1-10H2,(H,27,28)(H,29,30). The lowest BCUT2D eigenvalue weighted by atomic mass is 9.86. The van der Waals surface area contributed by atoms with Crippen LogP contribution in [-0.4, -0.2) is 22.2 Å². The molecule has 0 radical (unpaired) electrons. The smallest absolute Gasteiger partial charge is 0.335 e. The highest BCUT2D eigenvalue weighted by Gasteiger charge is 2.24. The molecule has 2 N–H and O–H groups in total. The summed E-state index contributed by atoms with van der Waals surface area (Å²) in [6.45, 7) is 0. The zero-order valence-corrected chi connectivity index (χ0v) is 17.4. The van der Waals surface area contributed by atoms with Crippen molar-refractivity contribution >= 4 is 11.9 Å². The van der Waals surface area contributed by atoms with Gasteiger partial charge in [0.1, 0.15) is 0 Å². The molecule has 0 unspecified atom stereocenters. The van der Waals surface area contributed by atoms with Gasteiger partial charge in [-0.3, -0.25) is 0 Å². The van der Waals surface area contributed by atoms with Crippen molar-refractivity contribution in [3.63, 3.8) is 0 Å². The average Bonchev–Trinajstić information content (AvgIpc) is 3.64. The molecule has 2 aromatic rings. The van der Waals surface area contributed by atoms with E-state index >= 15 is 0 Å². The molecular formula is C26H30O4. The Balaban J connectivity index is 1.68. The van der Waals surface area contributed by atoms with Gasteiger partial charge in [0.05, 0.1) is 11.1 Å². The van der Waals surface area contributed by atoms with Crippen LogP contribution in [-0.2, 0) is 12.8 Å². The Kier molecular flexibility index (Phi) is 6.21. The number of hydrogen-bond acceptors (Lipinski definition) is 2. The maximum absolute atomic E-state index is 12.0. The predicted octanol–water partition coefficient (Wildman–Crippen LogP) is 6.22. The molecule has 158 valence electrons. The van der Waals surface area contributed by atoms with E-state index in [1.54, 1.807) is 18.2 Å². The van der Waals surface area contributed by atoms with Crippen molar-refractivity contribution in [2.75, 3.05) is 0 Å². The second-order valence-corrected chi connectivity index (χ2v) is 8.98. The predicted molar refractivity (Wildman–Crippen MR) is 117 cm³/mol. The molecule has 0 aromatic heterocycles. The third kappa shape index (κ3) is 5.10. The monoisotopic (exact) mass is 406 g/mol. The van der Waals surface area contributed by atoms with Crippen LogP contribution in [0.3, 0.4) is 0 Å². The van der Waals surface area contributed by atoms with Crippen LogP contribution < -0.4 is 0 Å². The summed E-state index contributed by atoms with van der Waals surface area (Å²) >= 11 is 0. The van der Waals surface area contributed by atoms with Crippen LogP contribution >= 0.6 is 0 Å². The van der Waals surface area contributed by atoms with Gasteiger partial charge in [-0.1, -0.05) is 56.7 Å².